The Balaban J connectivity index is 1.46. The SMILES string of the molecule is COc1ccc(CN2CCN(C(=O)COc3c(C)cccc3C)CC2)cc1. The van der Waals surface area contributed by atoms with Crippen molar-refractivity contribution in [2.75, 3.05) is 39.9 Å². The Labute approximate surface area is 161 Å². The zero-order chi connectivity index (χ0) is 19.2. The van der Waals surface area contributed by atoms with Gasteiger partial charge in [0.25, 0.3) is 5.91 Å². The van der Waals surface area contributed by atoms with Gasteiger partial charge in [0.2, 0.25) is 0 Å². The first kappa shape index (κ1) is 19.2. The topological polar surface area (TPSA) is 42.0 Å². The second-order valence-electron chi connectivity index (χ2n) is 7.01. The van der Waals surface area contributed by atoms with Gasteiger partial charge in [-0.25, -0.2) is 0 Å². The van der Waals surface area contributed by atoms with Gasteiger partial charge in [-0.15, -0.1) is 0 Å². The van der Waals surface area contributed by atoms with Crippen molar-refractivity contribution in [2.45, 2.75) is 20.4 Å². The van der Waals surface area contributed by atoms with E-state index in [4.69, 9.17) is 9.47 Å². The van der Waals surface area contributed by atoms with Crippen LogP contribution in [0.2, 0.25) is 0 Å². The largest absolute Gasteiger partial charge is 0.497 e. The van der Waals surface area contributed by atoms with Gasteiger partial charge in [-0.2, -0.15) is 0 Å². The molecule has 0 radical (unpaired) electrons. The van der Waals surface area contributed by atoms with Crippen molar-refractivity contribution in [3.8, 4) is 11.5 Å². The number of hydrogen-bond donors (Lipinski definition) is 0. The lowest BCUT2D eigenvalue weighted by atomic mass is 10.1. The third-order valence-corrected chi connectivity index (χ3v) is 5.04. The van der Waals surface area contributed by atoms with E-state index in [-0.39, 0.29) is 12.5 Å². The molecule has 1 amide bonds. The van der Waals surface area contributed by atoms with E-state index in [0.29, 0.717) is 0 Å². The highest BCUT2D eigenvalue weighted by Crippen LogP contribution is 2.22. The molecule has 0 aromatic heterocycles. The van der Waals surface area contributed by atoms with Crippen LogP contribution in [-0.4, -0.2) is 55.6 Å². The summed E-state index contributed by atoms with van der Waals surface area (Å²) in [5.74, 6) is 1.75. The van der Waals surface area contributed by atoms with E-state index in [2.05, 4.69) is 17.0 Å². The third kappa shape index (κ3) is 5.01. The molecule has 2 aromatic carbocycles. The first-order valence-electron chi connectivity index (χ1n) is 9.39. The van der Waals surface area contributed by atoms with Crippen LogP contribution in [0.15, 0.2) is 42.5 Å². The summed E-state index contributed by atoms with van der Waals surface area (Å²) in [6.07, 6.45) is 0. The number of amides is 1. The van der Waals surface area contributed by atoms with Crippen LogP contribution in [0.1, 0.15) is 16.7 Å². The first-order chi connectivity index (χ1) is 13.1. The minimum Gasteiger partial charge on any atom is -0.497 e. The van der Waals surface area contributed by atoms with Gasteiger partial charge in [0.1, 0.15) is 11.5 Å². The molecule has 0 unspecified atom stereocenters. The van der Waals surface area contributed by atoms with Crippen molar-refractivity contribution in [1.82, 2.24) is 9.80 Å². The number of carbonyl (C=O) groups excluding carboxylic acids is 1. The molecule has 27 heavy (non-hydrogen) atoms. The summed E-state index contributed by atoms with van der Waals surface area (Å²) in [7, 11) is 1.68. The highest BCUT2D eigenvalue weighted by atomic mass is 16.5. The molecule has 1 saturated heterocycles. The Morgan fingerprint density at radius 2 is 1.59 bits per heavy atom. The fourth-order valence-corrected chi connectivity index (χ4v) is 3.40. The zero-order valence-electron chi connectivity index (χ0n) is 16.4. The van der Waals surface area contributed by atoms with Crippen LogP contribution >= 0.6 is 0 Å². The predicted octanol–water partition coefficient (Wildman–Crippen LogP) is 3.04. The molecule has 0 saturated carbocycles. The molecule has 2 aromatic rings. The van der Waals surface area contributed by atoms with Gasteiger partial charge in [0.15, 0.2) is 6.61 Å². The molecule has 5 heteroatoms. The second-order valence-corrected chi connectivity index (χ2v) is 7.01. The van der Waals surface area contributed by atoms with Gasteiger partial charge in [0.05, 0.1) is 7.11 Å². The van der Waals surface area contributed by atoms with Gasteiger partial charge >= 0.3 is 0 Å². The van der Waals surface area contributed by atoms with Crippen LogP contribution in [0.25, 0.3) is 0 Å². The Morgan fingerprint density at radius 1 is 0.963 bits per heavy atom. The number of piperazine rings is 1. The maximum Gasteiger partial charge on any atom is 0.260 e. The number of aryl methyl sites for hydroxylation is 2. The number of benzene rings is 2. The smallest absolute Gasteiger partial charge is 0.260 e. The lowest BCUT2D eigenvalue weighted by Crippen LogP contribution is -2.49. The Hall–Kier alpha value is -2.53. The van der Waals surface area contributed by atoms with Crippen molar-refractivity contribution >= 4 is 5.91 Å². The van der Waals surface area contributed by atoms with Crippen molar-refractivity contribution in [2.24, 2.45) is 0 Å². The molecule has 1 aliphatic heterocycles. The van der Waals surface area contributed by atoms with Crippen LogP contribution in [0, 0.1) is 13.8 Å². The summed E-state index contributed by atoms with van der Waals surface area (Å²) < 4.78 is 11.0. The standard InChI is InChI=1S/C22H28N2O3/c1-17-5-4-6-18(2)22(17)27-16-21(25)24-13-11-23(12-14-24)15-19-7-9-20(26-3)10-8-19/h4-10H,11-16H2,1-3H3. The van der Waals surface area contributed by atoms with Gasteiger partial charge in [-0.3, -0.25) is 9.69 Å². The van der Waals surface area contributed by atoms with Crippen LogP contribution in [0.4, 0.5) is 0 Å². The Morgan fingerprint density at radius 3 is 2.19 bits per heavy atom. The monoisotopic (exact) mass is 368 g/mol. The molecular weight excluding hydrogens is 340 g/mol. The number of para-hydroxylation sites is 1. The van der Waals surface area contributed by atoms with Crippen molar-refractivity contribution < 1.29 is 14.3 Å². The third-order valence-electron chi connectivity index (χ3n) is 5.04. The number of rotatable bonds is 6. The average Bonchev–Trinajstić information content (AvgIpc) is 2.68. The number of nitrogens with zero attached hydrogens (tertiary/aromatic N) is 2. The van der Waals surface area contributed by atoms with E-state index in [1.165, 1.54) is 5.56 Å². The van der Waals surface area contributed by atoms with Crippen LogP contribution < -0.4 is 9.47 Å². The lowest BCUT2D eigenvalue weighted by molar-refractivity contribution is -0.135. The normalized spacial score (nSPS) is 14.9. The lowest BCUT2D eigenvalue weighted by Gasteiger charge is -2.34. The summed E-state index contributed by atoms with van der Waals surface area (Å²) >= 11 is 0. The molecule has 0 atom stereocenters. The average molecular weight is 368 g/mol. The van der Waals surface area contributed by atoms with Gasteiger partial charge in [-0.1, -0.05) is 30.3 Å². The molecule has 1 heterocycles. The molecule has 3 rings (SSSR count). The van der Waals surface area contributed by atoms with E-state index in [1.807, 2.05) is 49.1 Å². The summed E-state index contributed by atoms with van der Waals surface area (Å²) in [5, 5.41) is 0. The molecule has 0 spiro atoms. The molecule has 0 aliphatic carbocycles. The molecule has 0 N–H and O–H groups in total. The van der Waals surface area contributed by atoms with Crippen molar-refractivity contribution in [3.63, 3.8) is 0 Å². The van der Waals surface area contributed by atoms with Gasteiger partial charge < -0.3 is 14.4 Å². The summed E-state index contributed by atoms with van der Waals surface area (Å²) in [5.41, 5.74) is 3.38. The number of hydrogen-bond acceptors (Lipinski definition) is 4. The maximum atomic E-state index is 12.5. The van der Waals surface area contributed by atoms with Crippen LogP contribution in [0.3, 0.4) is 0 Å². The summed E-state index contributed by atoms with van der Waals surface area (Å²) in [4.78, 5) is 16.8. The molecular formula is C22H28N2O3. The second kappa shape index (κ2) is 8.91. The van der Waals surface area contributed by atoms with Crippen LogP contribution in [0.5, 0.6) is 11.5 Å². The Bertz CT molecular complexity index is 745. The zero-order valence-corrected chi connectivity index (χ0v) is 16.4. The fraction of sp³-hybridized carbons (Fsp3) is 0.409. The number of ether oxygens (including phenoxy) is 2. The van der Waals surface area contributed by atoms with E-state index in [0.717, 1.165) is 55.3 Å². The number of carbonyl (C=O) groups is 1. The van der Waals surface area contributed by atoms with Crippen LogP contribution in [-0.2, 0) is 11.3 Å². The van der Waals surface area contributed by atoms with Crippen molar-refractivity contribution in [1.29, 1.82) is 0 Å². The maximum absolute atomic E-state index is 12.5. The minimum absolute atomic E-state index is 0.0572. The summed E-state index contributed by atoms with van der Waals surface area (Å²) in [6.45, 7) is 8.24. The molecule has 1 aliphatic rings. The minimum atomic E-state index is 0.0572. The molecule has 144 valence electrons. The molecule has 1 fully saturated rings. The highest BCUT2D eigenvalue weighted by molar-refractivity contribution is 5.78. The summed E-state index contributed by atoms with van der Waals surface area (Å²) in [6, 6.07) is 14.2. The van der Waals surface area contributed by atoms with E-state index in [1.54, 1.807) is 7.11 Å². The van der Waals surface area contributed by atoms with Gasteiger partial charge in [0, 0.05) is 32.7 Å². The predicted molar refractivity (Wildman–Crippen MR) is 106 cm³/mol. The fourth-order valence-electron chi connectivity index (χ4n) is 3.40. The highest BCUT2D eigenvalue weighted by Gasteiger charge is 2.21. The Kier molecular flexibility index (Phi) is 6.35. The van der Waals surface area contributed by atoms with E-state index < -0.39 is 0 Å². The number of methoxy groups -OCH3 is 1. The van der Waals surface area contributed by atoms with E-state index >= 15 is 0 Å². The quantitative estimate of drug-likeness (QED) is 0.786. The first-order valence-corrected chi connectivity index (χ1v) is 9.39. The van der Waals surface area contributed by atoms with Crippen molar-refractivity contribution in [3.05, 3.63) is 59.2 Å². The van der Waals surface area contributed by atoms with Gasteiger partial charge in [-0.05, 0) is 42.7 Å². The molecule has 0 bridgehead atoms. The molecule has 5 nitrogen and oxygen atoms in total. The van der Waals surface area contributed by atoms with E-state index in [9.17, 15) is 4.79 Å².